The summed E-state index contributed by atoms with van der Waals surface area (Å²) in [6, 6.07) is 7.33. The zero-order valence-corrected chi connectivity index (χ0v) is 25.6. The van der Waals surface area contributed by atoms with E-state index in [1.54, 1.807) is 0 Å². The van der Waals surface area contributed by atoms with Gasteiger partial charge in [-0.05, 0) is 49.2 Å². The molecule has 0 saturated carbocycles. The molecule has 5 aromatic rings. The van der Waals surface area contributed by atoms with Crippen molar-refractivity contribution in [1.29, 1.82) is 0 Å². The van der Waals surface area contributed by atoms with Gasteiger partial charge in [0.25, 0.3) is 5.56 Å². The highest BCUT2D eigenvalue weighted by molar-refractivity contribution is 7.92. The number of nitrogens with two attached hydrogens (primary N) is 1. The van der Waals surface area contributed by atoms with Gasteiger partial charge >= 0.3 is 0 Å². The van der Waals surface area contributed by atoms with Gasteiger partial charge in [-0.2, -0.15) is 10.1 Å². The van der Waals surface area contributed by atoms with Gasteiger partial charge in [-0.25, -0.2) is 31.0 Å². The van der Waals surface area contributed by atoms with E-state index in [-0.39, 0.29) is 68.8 Å². The topological polar surface area (TPSA) is 147 Å². The summed E-state index contributed by atoms with van der Waals surface area (Å²) >= 11 is 6.47. The standard InChI is InChI=1S/C28H26ClF4N7O4S/c1-28(32,33)8-9-44-21-7-4-17-24(35-21)36-26(19(34)12-14-10-15(30)13-16(31)11-14)40(27(17)41)20-6-5-18(29)22-23(20)39(2)37-25(22)38-45(3,42)43/h4-7,10-11,13,19H,8-9,12,34H2,1-3H3,(H,37,38)/t19-/m0/s1. The lowest BCUT2D eigenvalue weighted by atomic mass is 10.0. The first-order valence-electron chi connectivity index (χ1n) is 13.3. The number of hydrogen-bond acceptors (Lipinski definition) is 8. The number of aryl methyl sites for hydroxylation is 1. The molecule has 17 heteroatoms. The number of alkyl halides is 2. The summed E-state index contributed by atoms with van der Waals surface area (Å²) in [6.07, 6.45) is 0.196. The van der Waals surface area contributed by atoms with Crippen molar-refractivity contribution >= 4 is 49.4 Å². The number of hydrogen-bond donors (Lipinski definition) is 2. The fraction of sp³-hybridized carbons (Fsp3) is 0.286. The molecular weight excluding hydrogens is 642 g/mol. The fourth-order valence-corrected chi connectivity index (χ4v) is 5.56. The predicted molar refractivity (Wildman–Crippen MR) is 161 cm³/mol. The van der Waals surface area contributed by atoms with Crippen LogP contribution >= 0.6 is 11.6 Å². The number of pyridine rings is 1. The van der Waals surface area contributed by atoms with E-state index in [9.17, 15) is 30.8 Å². The molecule has 1 atom stereocenters. The van der Waals surface area contributed by atoms with Gasteiger partial charge in [0.2, 0.25) is 21.8 Å². The number of aromatic nitrogens is 5. The van der Waals surface area contributed by atoms with E-state index in [4.69, 9.17) is 22.1 Å². The Labute approximate surface area is 258 Å². The molecule has 45 heavy (non-hydrogen) atoms. The molecule has 0 saturated heterocycles. The van der Waals surface area contributed by atoms with Crippen LogP contribution in [-0.4, -0.2) is 51.5 Å². The number of nitrogens with one attached hydrogen (secondary N) is 1. The second-order valence-electron chi connectivity index (χ2n) is 10.5. The lowest BCUT2D eigenvalue weighted by Gasteiger charge is -2.20. The summed E-state index contributed by atoms with van der Waals surface area (Å²) in [7, 11) is -2.27. The molecule has 3 aromatic heterocycles. The Morgan fingerprint density at radius 1 is 1.11 bits per heavy atom. The lowest BCUT2D eigenvalue weighted by Crippen LogP contribution is -2.30. The van der Waals surface area contributed by atoms with E-state index in [1.165, 1.54) is 36.0 Å². The van der Waals surface area contributed by atoms with Crippen molar-refractivity contribution in [1.82, 2.24) is 24.3 Å². The van der Waals surface area contributed by atoms with Crippen molar-refractivity contribution in [2.45, 2.75) is 31.7 Å². The van der Waals surface area contributed by atoms with Crippen LogP contribution in [0, 0.1) is 11.6 Å². The van der Waals surface area contributed by atoms with E-state index in [0.29, 0.717) is 6.07 Å². The fourth-order valence-electron chi connectivity index (χ4n) is 4.82. The van der Waals surface area contributed by atoms with Crippen LogP contribution in [0.4, 0.5) is 23.4 Å². The molecule has 0 radical (unpaired) electrons. The Morgan fingerprint density at radius 2 is 1.80 bits per heavy atom. The van der Waals surface area contributed by atoms with Crippen LogP contribution in [0.5, 0.6) is 5.88 Å². The normalized spacial score (nSPS) is 13.0. The zero-order valence-electron chi connectivity index (χ0n) is 24.0. The molecule has 2 aromatic carbocycles. The lowest BCUT2D eigenvalue weighted by molar-refractivity contribution is 0.000458. The first-order chi connectivity index (χ1) is 21.0. The van der Waals surface area contributed by atoms with Crippen LogP contribution in [-0.2, 0) is 23.5 Å². The van der Waals surface area contributed by atoms with Gasteiger partial charge in [0.1, 0.15) is 17.5 Å². The number of ether oxygens (including phenoxy) is 1. The number of fused-ring (bicyclic) bond motifs is 2. The minimum absolute atomic E-state index is 0.00401. The third-order valence-corrected chi connectivity index (χ3v) is 7.55. The number of sulfonamides is 1. The molecule has 5 rings (SSSR count). The molecule has 0 spiro atoms. The molecule has 238 valence electrons. The van der Waals surface area contributed by atoms with E-state index in [2.05, 4.69) is 19.8 Å². The Hall–Kier alpha value is -4.28. The van der Waals surface area contributed by atoms with Crippen molar-refractivity contribution < 1.29 is 30.7 Å². The third-order valence-electron chi connectivity index (χ3n) is 6.67. The minimum Gasteiger partial charge on any atom is -0.477 e. The third kappa shape index (κ3) is 7.02. The Morgan fingerprint density at radius 3 is 2.44 bits per heavy atom. The largest absolute Gasteiger partial charge is 0.477 e. The second kappa shape index (κ2) is 11.9. The van der Waals surface area contributed by atoms with Crippen molar-refractivity contribution in [2.75, 3.05) is 17.6 Å². The summed E-state index contributed by atoms with van der Waals surface area (Å²) in [5.41, 5.74) is 6.32. The number of rotatable bonds is 10. The maximum atomic E-state index is 14.1. The number of benzene rings is 2. The van der Waals surface area contributed by atoms with Crippen LogP contribution in [0.3, 0.4) is 0 Å². The predicted octanol–water partition coefficient (Wildman–Crippen LogP) is 4.64. The van der Waals surface area contributed by atoms with Crippen molar-refractivity contribution in [3.8, 4) is 11.6 Å². The molecule has 0 aliphatic carbocycles. The van der Waals surface area contributed by atoms with E-state index in [0.717, 1.165) is 29.9 Å². The van der Waals surface area contributed by atoms with Crippen LogP contribution in [0.25, 0.3) is 27.6 Å². The molecule has 0 fully saturated rings. The van der Waals surface area contributed by atoms with Crippen LogP contribution < -0.4 is 20.8 Å². The maximum Gasteiger partial charge on any atom is 0.267 e. The summed E-state index contributed by atoms with van der Waals surface area (Å²) in [6.45, 7) is 0.395. The molecular formula is C28H26ClF4N7O4S. The van der Waals surface area contributed by atoms with E-state index >= 15 is 0 Å². The summed E-state index contributed by atoms with van der Waals surface area (Å²) in [5.74, 6) is -4.88. The Balaban J connectivity index is 1.73. The van der Waals surface area contributed by atoms with Gasteiger partial charge in [0, 0.05) is 25.6 Å². The number of nitrogens with zero attached hydrogens (tertiary/aromatic N) is 5. The second-order valence-corrected chi connectivity index (χ2v) is 12.7. The van der Waals surface area contributed by atoms with Crippen molar-refractivity contribution in [3.63, 3.8) is 0 Å². The van der Waals surface area contributed by atoms with Crippen molar-refractivity contribution in [2.24, 2.45) is 12.8 Å². The summed E-state index contributed by atoms with van der Waals surface area (Å²) < 4.78 is 88.8. The van der Waals surface area contributed by atoms with Gasteiger partial charge < -0.3 is 10.5 Å². The van der Waals surface area contributed by atoms with Gasteiger partial charge in [-0.3, -0.25) is 18.8 Å². The first-order valence-corrected chi connectivity index (χ1v) is 15.6. The van der Waals surface area contributed by atoms with Crippen LogP contribution in [0.2, 0.25) is 5.02 Å². The summed E-state index contributed by atoms with van der Waals surface area (Å²) in [5, 5.41) is 4.54. The molecule has 3 heterocycles. The summed E-state index contributed by atoms with van der Waals surface area (Å²) in [4.78, 5) is 22.9. The van der Waals surface area contributed by atoms with Gasteiger partial charge in [0.15, 0.2) is 11.5 Å². The molecule has 0 aliphatic rings. The van der Waals surface area contributed by atoms with Gasteiger partial charge in [-0.1, -0.05) is 11.6 Å². The molecule has 0 aliphatic heterocycles. The van der Waals surface area contributed by atoms with E-state index < -0.39 is 45.6 Å². The molecule has 11 nitrogen and oxygen atoms in total. The van der Waals surface area contributed by atoms with Crippen molar-refractivity contribution in [3.05, 3.63) is 80.9 Å². The molecule has 0 bridgehead atoms. The quantitative estimate of drug-likeness (QED) is 0.205. The molecule has 0 amide bonds. The SMILES string of the molecule is Cn1nc(NS(C)(=O)=O)c2c(Cl)ccc(-n3c([C@@H](N)Cc4cc(F)cc(F)c4)nc4nc(OCCC(C)(F)F)ccc4c3=O)c21. The Bertz CT molecular complexity index is 2100. The maximum absolute atomic E-state index is 14.1. The van der Waals surface area contributed by atoms with Gasteiger partial charge in [0.05, 0.1) is 45.9 Å². The van der Waals surface area contributed by atoms with Crippen LogP contribution in [0.15, 0.2) is 47.3 Å². The number of anilines is 1. The average Bonchev–Trinajstić information content (AvgIpc) is 3.22. The minimum atomic E-state index is -3.78. The average molecular weight is 668 g/mol. The smallest absolute Gasteiger partial charge is 0.267 e. The highest BCUT2D eigenvalue weighted by Gasteiger charge is 2.26. The first kappa shape index (κ1) is 32.1. The number of halogens is 5. The monoisotopic (exact) mass is 667 g/mol. The van der Waals surface area contributed by atoms with Gasteiger partial charge in [-0.15, -0.1) is 0 Å². The van der Waals surface area contributed by atoms with E-state index in [1.807, 2.05) is 0 Å². The zero-order chi connectivity index (χ0) is 32.8. The highest BCUT2D eigenvalue weighted by atomic mass is 35.5. The highest BCUT2D eigenvalue weighted by Crippen LogP contribution is 2.35. The van der Waals surface area contributed by atoms with Crippen LogP contribution in [0.1, 0.15) is 30.8 Å². The molecule has 0 unspecified atom stereocenters. The Kier molecular flexibility index (Phi) is 8.50. The molecule has 3 N–H and O–H groups in total.